The zero-order valence-corrected chi connectivity index (χ0v) is 15.3. The van der Waals surface area contributed by atoms with Crippen LogP contribution in [0.3, 0.4) is 0 Å². The van der Waals surface area contributed by atoms with Gasteiger partial charge in [0.15, 0.2) is 0 Å². The molecule has 1 heterocycles. The van der Waals surface area contributed by atoms with Crippen LogP contribution in [0.1, 0.15) is 5.76 Å². The molecule has 0 radical (unpaired) electrons. The fourth-order valence-electron chi connectivity index (χ4n) is 2.30. The van der Waals surface area contributed by atoms with Gasteiger partial charge >= 0.3 is 0 Å². The quantitative estimate of drug-likeness (QED) is 0.553. The SMILES string of the molecule is COc1ccc(NC(=O)/C=C/c2ccc(-c3ccc(Cl)cc3)o2)cc1Cl. The first-order valence-corrected chi connectivity index (χ1v) is 8.49. The molecule has 4 nitrogen and oxygen atoms in total. The summed E-state index contributed by atoms with van der Waals surface area (Å²) in [6.07, 6.45) is 2.99. The van der Waals surface area contributed by atoms with Gasteiger partial charge in [0.2, 0.25) is 5.91 Å². The molecular weight excluding hydrogens is 373 g/mol. The first-order chi connectivity index (χ1) is 12.5. The number of hydrogen-bond acceptors (Lipinski definition) is 3. The van der Waals surface area contributed by atoms with Crippen LogP contribution in [-0.4, -0.2) is 13.0 Å². The number of rotatable bonds is 5. The van der Waals surface area contributed by atoms with Crippen molar-refractivity contribution in [2.75, 3.05) is 12.4 Å². The van der Waals surface area contributed by atoms with Crippen LogP contribution in [0.4, 0.5) is 5.69 Å². The summed E-state index contributed by atoms with van der Waals surface area (Å²) in [5.41, 5.74) is 1.48. The Kier molecular flexibility index (Phi) is 5.66. The summed E-state index contributed by atoms with van der Waals surface area (Å²) >= 11 is 11.9. The van der Waals surface area contributed by atoms with Crippen LogP contribution in [0.2, 0.25) is 10.0 Å². The van der Waals surface area contributed by atoms with Crippen molar-refractivity contribution in [1.29, 1.82) is 0 Å². The predicted molar refractivity (Wildman–Crippen MR) is 105 cm³/mol. The Bertz CT molecular complexity index is 946. The lowest BCUT2D eigenvalue weighted by molar-refractivity contribution is -0.111. The molecule has 3 rings (SSSR count). The number of nitrogens with one attached hydrogen (secondary N) is 1. The van der Waals surface area contributed by atoms with E-state index in [0.29, 0.717) is 33.0 Å². The molecule has 1 N–H and O–H groups in total. The highest BCUT2D eigenvalue weighted by Gasteiger charge is 2.05. The minimum absolute atomic E-state index is 0.296. The van der Waals surface area contributed by atoms with Crippen LogP contribution in [-0.2, 0) is 4.79 Å². The van der Waals surface area contributed by atoms with E-state index in [1.54, 1.807) is 42.5 Å². The first-order valence-electron chi connectivity index (χ1n) is 7.73. The van der Waals surface area contributed by atoms with Crippen LogP contribution in [0.15, 0.2) is 65.1 Å². The summed E-state index contributed by atoms with van der Waals surface area (Å²) in [4.78, 5) is 12.0. The topological polar surface area (TPSA) is 51.5 Å². The molecule has 0 saturated carbocycles. The number of anilines is 1. The molecule has 0 atom stereocenters. The van der Waals surface area contributed by atoms with Crippen molar-refractivity contribution in [2.24, 2.45) is 0 Å². The van der Waals surface area contributed by atoms with Crippen molar-refractivity contribution >= 4 is 40.9 Å². The summed E-state index contributed by atoms with van der Waals surface area (Å²) in [5, 5.41) is 3.81. The number of benzene rings is 2. The van der Waals surface area contributed by atoms with Gasteiger partial charge in [0.25, 0.3) is 0 Å². The number of carbonyl (C=O) groups excluding carboxylic acids is 1. The minimum Gasteiger partial charge on any atom is -0.495 e. The smallest absolute Gasteiger partial charge is 0.248 e. The van der Waals surface area contributed by atoms with Gasteiger partial charge in [-0.3, -0.25) is 4.79 Å². The standard InChI is InChI=1S/C20H15Cl2NO3/c1-25-19-9-6-15(12-17(19)22)23-20(24)11-8-16-7-10-18(26-16)13-2-4-14(21)5-3-13/h2-12H,1H3,(H,23,24)/b11-8+. The van der Waals surface area contributed by atoms with E-state index in [4.69, 9.17) is 32.4 Å². The Morgan fingerprint density at radius 3 is 2.54 bits per heavy atom. The van der Waals surface area contributed by atoms with Gasteiger partial charge in [-0.25, -0.2) is 0 Å². The van der Waals surface area contributed by atoms with Crippen molar-refractivity contribution in [1.82, 2.24) is 0 Å². The maximum Gasteiger partial charge on any atom is 0.248 e. The van der Waals surface area contributed by atoms with Gasteiger partial charge in [-0.1, -0.05) is 23.2 Å². The first kappa shape index (κ1) is 18.1. The Morgan fingerprint density at radius 2 is 1.85 bits per heavy atom. The molecule has 0 aliphatic rings. The van der Waals surface area contributed by atoms with Crippen molar-refractivity contribution < 1.29 is 13.9 Å². The molecule has 0 unspecified atom stereocenters. The minimum atomic E-state index is -0.296. The normalized spacial score (nSPS) is 10.9. The number of amides is 1. The fourth-order valence-corrected chi connectivity index (χ4v) is 2.68. The van der Waals surface area contributed by atoms with E-state index in [0.717, 1.165) is 5.56 Å². The molecule has 0 aliphatic heterocycles. The number of ether oxygens (including phenoxy) is 1. The van der Waals surface area contributed by atoms with Crippen molar-refractivity contribution in [3.63, 3.8) is 0 Å². The zero-order valence-electron chi connectivity index (χ0n) is 13.8. The molecule has 132 valence electrons. The van der Waals surface area contributed by atoms with Gasteiger partial charge in [-0.05, 0) is 60.7 Å². The van der Waals surface area contributed by atoms with Crippen molar-refractivity contribution in [2.45, 2.75) is 0 Å². The largest absolute Gasteiger partial charge is 0.495 e. The molecule has 0 fully saturated rings. The lowest BCUT2D eigenvalue weighted by Gasteiger charge is -2.06. The third-order valence-corrected chi connectivity index (χ3v) is 4.12. The summed E-state index contributed by atoms with van der Waals surface area (Å²) in [6, 6.07) is 16.0. The molecule has 0 bridgehead atoms. The Balaban J connectivity index is 1.65. The van der Waals surface area contributed by atoms with Gasteiger partial charge in [-0.15, -0.1) is 0 Å². The molecule has 0 spiro atoms. The summed E-state index contributed by atoms with van der Waals surface area (Å²) in [6.45, 7) is 0. The van der Waals surface area contributed by atoms with Gasteiger partial charge < -0.3 is 14.5 Å². The van der Waals surface area contributed by atoms with Crippen LogP contribution >= 0.6 is 23.2 Å². The third kappa shape index (κ3) is 4.48. The average molecular weight is 388 g/mol. The average Bonchev–Trinajstić information content (AvgIpc) is 3.10. The number of halogens is 2. The van der Waals surface area contributed by atoms with Crippen LogP contribution in [0.5, 0.6) is 5.75 Å². The summed E-state index contributed by atoms with van der Waals surface area (Å²) in [7, 11) is 1.53. The van der Waals surface area contributed by atoms with Crippen LogP contribution in [0, 0.1) is 0 Å². The summed E-state index contributed by atoms with van der Waals surface area (Å²) < 4.78 is 10.8. The zero-order chi connectivity index (χ0) is 18.5. The number of carbonyl (C=O) groups is 1. The predicted octanol–water partition coefficient (Wildman–Crippen LogP) is 5.91. The highest BCUT2D eigenvalue weighted by molar-refractivity contribution is 6.32. The number of hydrogen-bond donors (Lipinski definition) is 1. The van der Waals surface area contributed by atoms with Crippen molar-refractivity contribution in [3.8, 4) is 17.1 Å². The fraction of sp³-hybridized carbons (Fsp3) is 0.0500. The second kappa shape index (κ2) is 8.13. The Hall–Kier alpha value is -2.69. The van der Waals surface area contributed by atoms with Crippen molar-refractivity contribution in [3.05, 3.63) is 76.5 Å². The Labute approximate surface area is 161 Å². The maximum absolute atomic E-state index is 12.0. The van der Waals surface area contributed by atoms with E-state index < -0.39 is 0 Å². The van der Waals surface area contributed by atoms with E-state index in [1.807, 2.05) is 18.2 Å². The number of furan rings is 1. The van der Waals surface area contributed by atoms with Gasteiger partial charge in [0.05, 0.1) is 12.1 Å². The molecule has 26 heavy (non-hydrogen) atoms. The lowest BCUT2D eigenvalue weighted by atomic mass is 10.2. The highest BCUT2D eigenvalue weighted by atomic mass is 35.5. The third-order valence-electron chi connectivity index (χ3n) is 3.57. The monoisotopic (exact) mass is 387 g/mol. The number of methoxy groups -OCH3 is 1. The molecule has 0 aliphatic carbocycles. The summed E-state index contributed by atoms with van der Waals surface area (Å²) in [5.74, 6) is 1.52. The molecule has 2 aromatic carbocycles. The molecule has 6 heteroatoms. The van der Waals surface area contributed by atoms with Crippen LogP contribution in [0.25, 0.3) is 17.4 Å². The molecular formula is C20H15Cl2NO3. The van der Waals surface area contributed by atoms with E-state index in [9.17, 15) is 4.79 Å². The van der Waals surface area contributed by atoms with Crippen LogP contribution < -0.4 is 10.1 Å². The van der Waals surface area contributed by atoms with E-state index in [-0.39, 0.29) is 5.91 Å². The molecule has 0 saturated heterocycles. The highest BCUT2D eigenvalue weighted by Crippen LogP contribution is 2.27. The molecule has 1 amide bonds. The van der Waals surface area contributed by atoms with E-state index in [1.165, 1.54) is 13.2 Å². The second-order valence-corrected chi connectivity index (χ2v) is 6.22. The lowest BCUT2D eigenvalue weighted by Crippen LogP contribution is -2.07. The van der Waals surface area contributed by atoms with E-state index in [2.05, 4.69) is 5.32 Å². The molecule has 1 aromatic heterocycles. The van der Waals surface area contributed by atoms with Gasteiger partial charge in [-0.2, -0.15) is 0 Å². The van der Waals surface area contributed by atoms with Gasteiger partial charge in [0, 0.05) is 22.3 Å². The molecule has 3 aromatic rings. The Morgan fingerprint density at radius 1 is 1.08 bits per heavy atom. The van der Waals surface area contributed by atoms with E-state index >= 15 is 0 Å². The van der Waals surface area contributed by atoms with Gasteiger partial charge in [0.1, 0.15) is 17.3 Å². The maximum atomic E-state index is 12.0. The second-order valence-electron chi connectivity index (χ2n) is 5.38.